The van der Waals surface area contributed by atoms with Gasteiger partial charge in [-0.05, 0) is 31.2 Å². The summed E-state index contributed by atoms with van der Waals surface area (Å²) in [5, 5.41) is 0. The summed E-state index contributed by atoms with van der Waals surface area (Å²) in [7, 11) is -3.92. The Balaban J connectivity index is 2.17. The first-order chi connectivity index (χ1) is 11.9. The molecule has 0 saturated carbocycles. The van der Waals surface area contributed by atoms with E-state index in [1.165, 1.54) is 22.8 Å². The van der Waals surface area contributed by atoms with Crippen molar-refractivity contribution in [2.45, 2.75) is 17.7 Å². The highest BCUT2D eigenvalue weighted by Gasteiger charge is 2.18. The van der Waals surface area contributed by atoms with Crippen LogP contribution in [0.4, 0.5) is 4.39 Å². The normalized spacial score (nSPS) is 13.0. The van der Waals surface area contributed by atoms with Crippen molar-refractivity contribution >= 4 is 54.5 Å². The fourth-order valence-corrected chi connectivity index (χ4v) is 5.98. The summed E-state index contributed by atoms with van der Waals surface area (Å²) in [6.07, 6.45) is 0. The van der Waals surface area contributed by atoms with E-state index in [1.54, 1.807) is 12.1 Å². The van der Waals surface area contributed by atoms with Gasteiger partial charge in [0.1, 0.15) is 10.0 Å². The number of thiophene rings is 1. The van der Waals surface area contributed by atoms with Crippen molar-refractivity contribution in [3.63, 3.8) is 0 Å². The average molecular weight is 421 g/mol. The Labute approximate surface area is 157 Å². The first-order valence-corrected chi connectivity index (χ1v) is 10.8. The molecule has 0 aliphatic carbocycles. The summed E-state index contributed by atoms with van der Waals surface area (Å²) < 4.78 is 51.1. The highest BCUT2D eigenvalue weighted by Crippen LogP contribution is 2.27. The van der Waals surface area contributed by atoms with Crippen LogP contribution in [-0.2, 0) is 21.3 Å². The maximum Gasteiger partial charge on any atom is 0.294 e. The van der Waals surface area contributed by atoms with Crippen LogP contribution in [-0.4, -0.2) is 26.2 Å². The standard InChI is InChI=1S/C15H14ClFN2O3S3/c1-2-22-9-8-19-14-10(17)4-3-5-11(14)23-15(19)18-25(20,21)13-7-6-12(16)24-13/h3-7H,2,8-9H2,1H3/b18-15-. The Hall–Kier alpha value is -1.26. The van der Waals surface area contributed by atoms with Gasteiger partial charge in [0.2, 0.25) is 4.80 Å². The van der Waals surface area contributed by atoms with Crippen LogP contribution in [0, 0.1) is 5.82 Å². The second-order valence-electron chi connectivity index (χ2n) is 4.94. The third-order valence-electron chi connectivity index (χ3n) is 3.32. The van der Waals surface area contributed by atoms with E-state index in [9.17, 15) is 12.8 Å². The van der Waals surface area contributed by atoms with Crippen LogP contribution in [0.3, 0.4) is 0 Å². The van der Waals surface area contributed by atoms with Gasteiger partial charge in [-0.15, -0.1) is 15.7 Å². The van der Waals surface area contributed by atoms with Crippen molar-refractivity contribution in [3.05, 3.63) is 45.3 Å². The number of rotatable bonds is 6. The van der Waals surface area contributed by atoms with E-state index in [-0.39, 0.29) is 9.01 Å². The third kappa shape index (κ3) is 3.95. The number of hydrogen-bond donors (Lipinski definition) is 0. The number of hydrogen-bond acceptors (Lipinski definition) is 5. The second kappa shape index (κ2) is 7.55. The number of halogens is 2. The largest absolute Gasteiger partial charge is 0.380 e. The number of thiazole rings is 1. The van der Waals surface area contributed by atoms with E-state index in [4.69, 9.17) is 16.3 Å². The Kier molecular flexibility index (Phi) is 5.59. The zero-order chi connectivity index (χ0) is 18.0. The number of aromatic nitrogens is 1. The zero-order valence-electron chi connectivity index (χ0n) is 13.1. The zero-order valence-corrected chi connectivity index (χ0v) is 16.3. The molecule has 0 saturated heterocycles. The minimum Gasteiger partial charge on any atom is -0.380 e. The van der Waals surface area contributed by atoms with E-state index in [0.29, 0.717) is 34.3 Å². The first-order valence-electron chi connectivity index (χ1n) is 7.34. The van der Waals surface area contributed by atoms with E-state index < -0.39 is 15.8 Å². The predicted octanol–water partition coefficient (Wildman–Crippen LogP) is 3.88. The van der Waals surface area contributed by atoms with Gasteiger partial charge in [-0.3, -0.25) is 0 Å². The van der Waals surface area contributed by atoms with Crippen LogP contribution in [0.2, 0.25) is 4.34 Å². The molecule has 0 aliphatic heterocycles. The summed E-state index contributed by atoms with van der Waals surface area (Å²) in [6.45, 7) is 3.00. The molecular formula is C15H14ClFN2O3S3. The maximum absolute atomic E-state index is 14.3. The summed E-state index contributed by atoms with van der Waals surface area (Å²) >= 11 is 7.86. The lowest BCUT2D eigenvalue weighted by Crippen LogP contribution is -2.20. The summed E-state index contributed by atoms with van der Waals surface area (Å²) in [5.74, 6) is -0.428. The fraction of sp³-hybridized carbons (Fsp3) is 0.267. The van der Waals surface area contributed by atoms with Gasteiger partial charge in [0.15, 0.2) is 0 Å². The molecule has 0 radical (unpaired) electrons. The molecule has 3 aromatic rings. The SMILES string of the molecule is CCOCCn1/c(=N/S(=O)(=O)c2ccc(Cl)s2)sc2cccc(F)c21. The topological polar surface area (TPSA) is 60.7 Å². The summed E-state index contributed by atoms with van der Waals surface area (Å²) in [6, 6.07) is 7.56. The number of ether oxygens (including phenoxy) is 1. The van der Waals surface area contributed by atoms with Crippen LogP contribution in [0.25, 0.3) is 10.2 Å². The third-order valence-corrected chi connectivity index (χ3v) is 7.44. The van der Waals surface area contributed by atoms with E-state index in [2.05, 4.69) is 4.40 Å². The van der Waals surface area contributed by atoms with Crippen molar-refractivity contribution in [3.8, 4) is 0 Å². The van der Waals surface area contributed by atoms with Gasteiger partial charge in [0.05, 0.1) is 21.2 Å². The second-order valence-corrected chi connectivity index (χ2v) is 9.50. The van der Waals surface area contributed by atoms with Gasteiger partial charge in [-0.1, -0.05) is 29.0 Å². The summed E-state index contributed by atoms with van der Waals surface area (Å²) in [5.41, 5.74) is 0.324. The number of benzene rings is 1. The Morgan fingerprint density at radius 3 is 2.76 bits per heavy atom. The molecule has 0 N–H and O–H groups in total. The molecule has 2 heterocycles. The lowest BCUT2D eigenvalue weighted by atomic mass is 10.3. The van der Waals surface area contributed by atoms with E-state index >= 15 is 0 Å². The number of nitrogens with zero attached hydrogens (tertiary/aromatic N) is 2. The molecule has 0 unspecified atom stereocenters. The maximum atomic E-state index is 14.3. The van der Waals surface area contributed by atoms with Crippen LogP contribution in [0.5, 0.6) is 0 Å². The lowest BCUT2D eigenvalue weighted by Gasteiger charge is -2.06. The van der Waals surface area contributed by atoms with E-state index in [0.717, 1.165) is 22.7 Å². The van der Waals surface area contributed by atoms with Crippen molar-refractivity contribution in [1.29, 1.82) is 0 Å². The van der Waals surface area contributed by atoms with Crippen molar-refractivity contribution in [1.82, 2.24) is 4.57 Å². The molecule has 25 heavy (non-hydrogen) atoms. The molecule has 2 aromatic heterocycles. The van der Waals surface area contributed by atoms with Gasteiger partial charge < -0.3 is 9.30 Å². The lowest BCUT2D eigenvalue weighted by molar-refractivity contribution is 0.139. The summed E-state index contributed by atoms with van der Waals surface area (Å²) in [4.78, 5) is 0.198. The molecule has 134 valence electrons. The molecule has 5 nitrogen and oxygen atoms in total. The molecule has 0 amide bonds. The van der Waals surface area contributed by atoms with Crippen LogP contribution >= 0.6 is 34.3 Å². The fourth-order valence-electron chi connectivity index (χ4n) is 2.25. The number of para-hydroxylation sites is 1. The van der Waals surface area contributed by atoms with Crippen LogP contribution in [0.15, 0.2) is 38.9 Å². The van der Waals surface area contributed by atoms with Crippen LogP contribution in [0.1, 0.15) is 6.92 Å². The molecule has 0 aliphatic rings. The van der Waals surface area contributed by atoms with Gasteiger partial charge in [-0.25, -0.2) is 4.39 Å². The van der Waals surface area contributed by atoms with Gasteiger partial charge in [0.25, 0.3) is 10.0 Å². The monoisotopic (exact) mass is 420 g/mol. The van der Waals surface area contributed by atoms with Crippen molar-refractivity contribution < 1.29 is 17.5 Å². The molecule has 0 spiro atoms. The Morgan fingerprint density at radius 2 is 2.08 bits per heavy atom. The quantitative estimate of drug-likeness (QED) is 0.568. The number of fused-ring (bicyclic) bond motifs is 1. The molecule has 10 heteroatoms. The van der Waals surface area contributed by atoms with Crippen molar-refractivity contribution in [2.24, 2.45) is 4.40 Å². The first kappa shape index (κ1) is 18.5. The smallest absolute Gasteiger partial charge is 0.294 e. The molecular weight excluding hydrogens is 407 g/mol. The van der Waals surface area contributed by atoms with E-state index in [1.807, 2.05) is 6.92 Å². The molecule has 3 rings (SSSR count). The van der Waals surface area contributed by atoms with Gasteiger partial charge >= 0.3 is 0 Å². The van der Waals surface area contributed by atoms with Gasteiger partial charge in [-0.2, -0.15) is 8.42 Å². The molecule has 0 bridgehead atoms. The highest BCUT2D eigenvalue weighted by molar-refractivity contribution is 7.92. The average Bonchev–Trinajstić information content (AvgIpc) is 3.13. The van der Waals surface area contributed by atoms with Gasteiger partial charge in [0, 0.05) is 13.2 Å². The van der Waals surface area contributed by atoms with Crippen molar-refractivity contribution in [2.75, 3.05) is 13.2 Å². The molecule has 1 aromatic carbocycles. The molecule has 0 fully saturated rings. The Bertz CT molecular complexity index is 1070. The predicted molar refractivity (Wildman–Crippen MR) is 98.3 cm³/mol. The Morgan fingerprint density at radius 1 is 1.28 bits per heavy atom. The molecule has 0 atom stereocenters. The number of sulfonamides is 1. The minimum atomic E-state index is -3.92. The van der Waals surface area contributed by atoms with Crippen LogP contribution < -0.4 is 4.80 Å². The highest BCUT2D eigenvalue weighted by atomic mass is 35.5. The minimum absolute atomic E-state index is 0.0480.